The number of hydrogen-bond donors (Lipinski definition) is 0. The molecule has 0 unspecified atom stereocenters. The van der Waals surface area contributed by atoms with E-state index in [9.17, 15) is 9.59 Å². The first-order valence-corrected chi connectivity index (χ1v) is 4.70. The van der Waals surface area contributed by atoms with Crippen LogP contribution < -0.4 is 4.74 Å². The molecule has 0 aliphatic carbocycles. The maximum atomic E-state index is 10.8. The summed E-state index contributed by atoms with van der Waals surface area (Å²) in [6.07, 6.45) is 4.14. The molecule has 1 rings (SSSR count). The fraction of sp³-hybridized carbons (Fsp3) is 0.364. The van der Waals surface area contributed by atoms with Crippen LogP contribution in [0, 0.1) is 0 Å². The molecule has 80 valence electrons. The number of nitrogens with zero attached hydrogens (tertiary/aromatic N) is 1. The summed E-state index contributed by atoms with van der Waals surface area (Å²) < 4.78 is 4.99. The largest absolute Gasteiger partial charge is 0.426 e. The third kappa shape index (κ3) is 3.89. The van der Waals surface area contributed by atoms with E-state index >= 15 is 0 Å². The topological polar surface area (TPSA) is 56.3 Å². The third-order valence-corrected chi connectivity index (χ3v) is 1.86. The van der Waals surface area contributed by atoms with Crippen LogP contribution in [0.5, 0.6) is 5.75 Å². The van der Waals surface area contributed by atoms with Gasteiger partial charge in [-0.05, 0) is 19.4 Å². The summed E-state index contributed by atoms with van der Waals surface area (Å²) in [5.41, 5.74) is 0.780. The lowest BCUT2D eigenvalue weighted by molar-refractivity contribution is -0.131. The first-order valence-electron chi connectivity index (χ1n) is 4.70. The minimum absolute atomic E-state index is 0.104. The van der Waals surface area contributed by atoms with Gasteiger partial charge in [0.15, 0.2) is 0 Å². The molecule has 15 heavy (non-hydrogen) atoms. The Kier molecular flexibility index (Phi) is 3.97. The number of rotatable bonds is 4. The quantitative estimate of drug-likeness (QED) is 0.702. The predicted octanol–water partition coefficient (Wildman–Crippen LogP) is 1.53. The molecule has 0 saturated heterocycles. The van der Waals surface area contributed by atoms with Crippen molar-refractivity contribution in [1.82, 2.24) is 4.98 Å². The van der Waals surface area contributed by atoms with Gasteiger partial charge in [-0.1, -0.05) is 0 Å². The van der Waals surface area contributed by atoms with Gasteiger partial charge in [0.1, 0.15) is 11.5 Å². The molecule has 0 bridgehead atoms. The highest BCUT2D eigenvalue weighted by Gasteiger charge is 2.06. The zero-order valence-corrected chi connectivity index (χ0v) is 8.82. The molecule has 0 aromatic carbocycles. The second-order valence-electron chi connectivity index (χ2n) is 3.28. The van der Waals surface area contributed by atoms with Gasteiger partial charge >= 0.3 is 5.97 Å². The normalized spacial score (nSPS) is 9.73. The number of aromatic nitrogens is 1. The Labute approximate surface area is 88.3 Å². The van der Waals surface area contributed by atoms with E-state index in [0.29, 0.717) is 18.6 Å². The Hall–Kier alpha value is -1.71. The molecule has 0 aliphatic heterocycles. The van der Waals surface area contributed by atoms with Crippen molar-refractivity contribution < 1.29 is 14.3 Å². The Bertz CT molecular complexity index is 374. The Balaban J connectivity index is 2.76. The molecule has 1 heterocycles. The first kappa shape index (κ1) is 11.4. The molecule has 0 amide bonds. The summed E-state index contributed by atoms with van der Waals surface area (Å²) in [7, 11) is 0. The molecule has 0 atom stereocenters. The number of esters is 1. The maximum absolute atomic E-state index is 10.8. The molecule has 0 radical (unpaired) electrons. The van der Waals surface area contributed by atoms with Crippen LogP contribution in [-0.4, -0.2) is 16.7 Å². The molecular formula is C11H13NO3. The number of ether oxygens (including phenoxy) is 1. The van der Waals surface area contributed by atoms with E-state index in [2.05, 4.69) is 4.98 Å². The summed E-state index contributed by atoms with van der Waals surface area (Å²) in [6.45, 7) is 2.87. The highest BCUT2D eigenvalue weighted by Crippen LogP contribution is 2.18. The van der Waals surface area contributed by atoms with E-state index < -0.39 is 0 Å². The van der Waals surface area contributed by atoms with Crippen molar-refractivity contribution in [2.75, 3.05) is 0 Å². The van der Waals surface area contributed by atoms with Crippen molar-refractivity contribution in [3.63, 3.8) is 0 Å². The van der Waals surface area contributed by atoms with E-state index in [1.807, 2.05) is 0 Å². The summed E-state index contributed by atoms with van der Waals surface area (Å²) in [6, 6.07) is 1.62. The second-order valence-corrected chi connectivity index (χ2v) is 3.28. The van der Waals surface area contributed by atoms with Gasteiger partial charge < -0.3 is 9.53 Å². The zero-order chi connectivity index (χ0) is 11.3. The number of carbonyl (C=O) groups is 2. The molecular weight excluding hydrogens is 194 g/mol. The molecule has 0 spiro atoms. The smallest absolute Gasteiger partial charge is 0.308 e. The molecule has 1 aromatic rings. The summed E-state index contributed by atoms with van der Waals surface area (Å²) in [5, 5.41) is 0. The molecule has 1 aromatic heterocycles. The van der Waals surface area contributed by atoms with Gasteiger partial charge in [0.05, 0.1) is 0 Å². The van der Waals surface area contributed by atoms with Crippen molar-refractivity contribution in [2.45, 2.75) is 26.7 Å². The molecule has 0 saturated carbocycles. The lowest BCUT2D eigenvalue weighted by Crippen LogP contribution is -2.05. The number of Topliss-reactive ketones (excluding diaryl/α,β-unsaturated/α-hetero) is 1. The molecule has 4 nitrogen and oxygen atoms in total. The average Bonchev–Trinajstić information content (AvgIpc) is 2.15. The van der Waals surface area contributed by atoms with Crippen molar-refractivity contribution in [2.24, 2.45) is 0 Å². The van der Waals surface area contributed by atoms with E-state index in [-0.39, 0.29) is 11.8 Å². The van der Waals surface area contributed by atoms with Gasteiger partial charge in [-0.3, -0.25) is 9.78 Å². The van der Waals surface area contributed by atoms with Crippen LogP contribution in [0.4, 0.5) is 0 Å². The number of ketones is 1. The summed E-state index contributed by atoms with van der Waals surface area (Å²) in [4.78, 5) is 25.5. The first-order chi connectivity index (χ1) is 7.09. The predicted molar refractivity (Wildman–Crippen MR) is 54.5 cm³/mol. The summed E-state index contributed by atoms with van der Waals surface area (Å²) in [5.74, 6) is 0.219. The maximum Gasteiger partial charge on any atom is 0.308 e. The van der Waals surface area contributed by atoms with E-state index in [0.717, 1.165) is 5.56 Å². The van der Waals surface area contributed by atoms with Crippen LogP contribution >= 0.6 is 0 Å². The fourth-order valence-corrected chi connectivity index (χ4v) is 1.17. The van der Waals surface area contributed by atoms with E-state index in [1.54, 1.807) is 18.5 Å². The lowest BCUT2D eigenvalue weighted by atomic mass is 10.1. The average molecular weight is 207 g/mol. The Morgan fingerprint density at radius 3 is 2.73 bits per heavy atom. The highest BCUT2D eigenvalue weighted by atomic mass is 16.5. The highest BCUT2D eigenvalue weighted by molar-refractivity contribution is 5.76. The van der Waals surface area contributed by atoms with Crippen LogP contribution in [0.2, 0.25) is 0 Å². The van der Waals surface area contributed by atoms with E-state index in [4.69, 9.17) is 4.74 Å². The minimum Gasteiger partial charge on any atom is -0.426 e. The summed E-state index contributed by atoms with van der Waals surface area (Å²) >= 11 is 0. The second kappa shape index (κ2) is 5.24. The van der Waals surface area contributed by atoms with Crippen LogP contribution in [0.15, 0.2) is 18.5 Å². The van der Waals surface area contributed by atoms with Gasteiger partial charge in [-0.2, -0.15) is 0 Å². The third-order valence-electron chi connectivity index (χ3n) is 1.86. The number of pyridine rings is 1. The molecule has 0 N–H and O–H groups in total. The molecule has 0 aliphatic rings. The minimum atomic E-state index is -0.370. The van der Waals surface area contributed by atoms with Gasteiger partial charge in [0, 0.05) is 31.3 Å². The zero-order valence-electron chi connectivity index (χ0n) is 8.82. The Morgan fingerprint density at radius 2 is 2.13 bits per heavy atom. The number of carbonyl (C=O) groups excluding carboxylic acids is 2. The van der Waals surface area contributed by atoms with Crippen LogP contribution in [0.3, 0.4) is 0 Å². The SMILES string of the molecule is CC(=O)CCc1cnccc1OC(C)=O. The fourth-order valence-electron chi connectivity index (χ4n) is 1.17. The van der Waals surface area contributed by atoms with Crippen molar-refractivity contribution in [3.8, 4) is 5.75 Å². The van der Waals surface area contributed by atoms with Crippen LogP contribution in [0.1, 0.15) is 25.8 Å². The molecule has 4 heteroatoms. The van der Waals surface area contributed by atoms with Gasteiger partial charge in [0.2, 0.25) is 0 Å². The number of aryl methyl sites for hydroxylation is 1. The van der Waals surface area contributed by atoms with Crippen LogP contribution in [-0.2, 0) is 16.0 Å². The lowest BCUT2D eigenvalue weighted by Gasteiger charge is -2.06. The monoisotopic (exact) mass is 207 g/mol. The van der Waals surface area contributed by atoms with E-state index in [1.165, 1.54) is 13.8 Å². The van der Waals surface area contributed by atoms with Crippen molar-refractivity contribution >= 4 is 11.8 Å². The van der Waals surface area contributed by atoms with Gasteiger partial charge in [-0.15, -0.1) is 0 Å². The molecule has 0 fully saturated rings. The van der Waals surface area contributed by atoms with Gasteiger partial charge in [-0.25, -0.2) is 0 Å². The van der Waals surface area contributed by atoms with Crippen molar-refractivity contribution in [3.05, 3.63) is 24.0 Å². The van der Waals surface area contributed by atoms with Crippen LogP contribution in [0.25, 0.3) is 0 Å². The van der Waals surface area contributed by atoms with Crippen molar-refractivity contribution in [1.29, 1.82) is 0 Å². The number of hydrogen-bond acceptors (Lipinski definition) is 4. The Morgan fingerprint density at radius 1 is 1.40 bits per heavy atom. The van der Waals surface area contributed by atoms with Gasteiger partial charge in [0.25, 0.3) is 0 Å². The standard InChI is InChI=1S/C11H13NO3/c1-8(13)3-4-10-7-12-6-5-11(10)15-9(2)14/h5-7H,3-4H2,1-2H3.